The van der Waals surface area contributed by atoms with Crippen molar-refractivity contribution in [3.8, 4) is 0 Å². The molecular weight excluding hydrogens is 262 g/mol. The Balaban J connectivity index is 2.95. The number of aryl methyl sites for hydroxylation is 2. The van der Waals surface area contributed by atoms with E-state index in [1.54, 1.807) is 23.9 Å². The zero-order valence-corrected chi connectivity index (χ0v) is 13.2. The van der Waals surface area contributed by atoms with Crippen LogP contribution in [0.3, 0.4) is 0 Å². The van der Waals surface area contributed by atoms with Gasteiger partial charge in [-0.1, -0.05) is 11.6 Å². The maximum Gasteiger partial charge on any atom is 0.247 e. The molecule has 0 radical (unpaired) electrons. The van der Waals surface area contributed by atoms with Gasteiger partial charge >= 0.3 is 0 Å². The molecule has 4 nitrogen and oxygen atoms in total. The van der Waals surface area contributed by atoms with Gasteiger partial charge in [0.15, 0.2) is 0 Å². The number of nitrogens with zero attached hydrogens (tertiary/aromatic N) is 3. The molecule has 106 valence electrons. The van der Waals surface area contributed by atoms with Crippen molar-refractivity contribution in [1.82, 2.24) is 14.7 Å². The fourth-order valence-corrected chi connectivity index (χ4v) is 2.42. The molecule has 1 aromatic heterocycles. The van der Waals surface area contributed by atoms with Crippen molar-refractivity contribution in [1.29, 1.82) is 0 Å². The maximum absolute atomic E-state index is 12.2. The number of hydrogen-bond donors (Lipinski definition) is 0. The molecule has 0 saturated carbocycles. The van der Waals surface area contributed by atoms with Crippen LogP contribution in [0.15, 0.2) is 6.08 Å². The number of carbonyl (C=O) groups excluding carboxylic acids is 1. The van der Waals surface area contributed by atoms with Gasteiger partial charge in [-0.2, -0.15) is 5.10 Å². The summed E-state index contributed by atoms with van der Waals surface area (Å²) in [5, 5.41) is 4.76. The van der Waals surface area contributed by atoms with Crippen LogP contribution >= 0.6 is 11.6 Å². The second-order valence-electron chi connectivity index (χ2n) is 5.18. The highest BCUT2D eigenvalue weighted by molar-refractivity contribution is 6.31. The third-order valence-corrected chi connectivity index (χ3v) is 3.40. The van der Waals surface area contributed by atoms with E-state index < -0.39 is 0 Å². The van der Waals surface area contributed by atoms with E-state index in [-0.39, 0.29) is 18.0 Å². The summed E-state index contributed by atoms with van der Waals surface area (Å²) in [7, 11) is 1.78. The lowest BCUT2D eigenvalue weighted by Crippen LogP contribution is -2.41. The summed E-state index contributed by atoms with van der Waals surface area (Å²) >= 11 is 6.13. The Labute approximate surface area is 120 Å². The normalized spacial score (nSPS) is 11.8. The van der Waals surface area contributed by atoms with Gasteiger partial charge in [-0.15, -0.1) is 0 Å². The molecule has 0 aliphatic heterocycles. The molecule has 1 amide bonds. The highest BCUT2D eigenvalue weighted by atomic mass is 35.5. The number of aromatic nitrogens is 2. The van der Waals surface area contributed by atoms with E-state index in [4.69, 9.17) is 11.6 Å². The van der Waals surface area contributed by atoms with Gasteiger partial charge in [0.05, 0.1) is 5.69 Å². The van der Waals surface area contributed by atoms with Gasteiger partial charge in [0.2, 0.25) is 5.91 Å². The van der Waals surface area contributed by atoms with Gasteiger partial charge in [0.25, 0.3) is 0 Å². The lowest BCUT2D eigenvalue weighted by molar-refractivity contribution is -0.129. The third-order valence-electron chi connectivity index (χ3n) is 2.96. The number of carbonyl (C=O) groups is 1. The second-order valence-corrected chi connectivity index (χ2v) is 5.54. The average Bonchev–Trinajstić information content (AvgIpc) is 2.50. The first-order valence-electron chi connectivity index (χ1n) is 6.45. The maximum atomic E-state index is 12.2. The van der Waals surface area contributed by atoms with Gasteiger partial charge in [0.1, 0.15) is 5.15 Å². The van der Waals surface area contributed by atoms with E-state index in [9.17, 15) is 4.79 Å². The van der Waals surface area contributed by atoms with Crippen molar-refractivity contribution in [2.45, 2.75) is 46.7 Å². The van der Waals surface area contributed by atoms with Crippen LogP contribution in [0.4, 0.5) is 0 Å². The summed E-state index contributed by atoms with van der Waals surface area (Å²) in [4.78, 5) is 14.0. The molecule has 0 atom stereocenters. The summed E-state index contributed by atoms with van der Waals surface area (Å²) < 4.78 is 1.60. The Kier molecular flexibility index (Phi) is 5.18. The molecule has 0 unspecified atom stereocenters. The largest absolute Gasteiger partial charge is 0.334 e. The van der Waals surface area contributed by atoms with Crippen molar-refractivity contribution in [2.75, 3.05) is 0 Å². The Hall–Kier alpha value is -1.29. The highest BCUT2D eigenvalue weighted by Crippen LogP contribution is 2.20. The predicted octanol–water partition coefficient (Wildman–Crippen LogP) is 3.04. The molecule has 0 saturated heterocycles. The number of halogens is 1. The van der Waals surface area contributed by atoms with E-state index in [1.165, 1.54) is 0 Å². The van der Waals surface area contributed by atoms with Gasteiger partial charge in [0, 0.05) is 30.8 Å². The number of amides is 1. The van der Waals surface area contributed by atoms with Crippen molar-refractivity contribution in [3.05, 3.63) is 22.5 Å². The van der Waals surface area contributed by atoms with Gasteiger partial charge in [-0.25, -0.2) is 0 Å². The topological polar surface area (TPSA) is 38.1 Å². The third kappa shape index (κ3) is 3.60. The van der Waals surface area contributed by atoms with Crippen molar-refractivity contribution in [2.24, 2.45) is 7.05 Å². The van der Waals surface area contributed by atoms with E-state index in [0.717, 1.165) is 11.3 Å². The van der Waals surface area contributed by atoms with Crippen LogP contribution in [0.5, 0.6) is 0 Å². The van der Waals surface area contributed by atoms with Crippen LogP contribution in [0.2, 0.25) is 5.15 Å². The zero-order chi connectivity index (χ0) is 14.7. The Bertz CT molecular complexity index is 481. The van der Waals surface area contributed by atoms with Gasteiger partial charge in [-0.05, 0) is 40.7 Å². The lowest BCUT2D eigenvalue weighted by atomic mass is 10.2. The highest BCUT2D eigenvalue weighted by Gasteiger charge is 2.18. The molecule has 1 rings (SSSR count). The fourth-order valence-electron chi connectivity index (χ4n) is 2.18. The monoisotopic (exact) mass is 283 g/mol. The number of hydrogen-bond acceptors (Lipinski definition) is 2. The van der Waals surface area contributed by atoms with Crippen molar-refractivity contribution in [3.63, 3.8) is 0 Å². The molecule has 19 heavy (non-hydrogen) atoms. The summed E-state index contributed by atoms with van der Waals surface area (Å²) in [6, 6.07) is 0.338. The van der Waals surface area contributed by atoms with E-state index >= 15 is 0 Å². The molecule has 0 spiro atoms. The van der Waals surface area contributed by atoms with Crippen molar-refractivity contribution >= 4 is 23.6 Å². The van der Waals surface area contributed by atoms with Gasteiger partial charge in [-0.3, -0.25) is 9.48 Å². The molecule has 0 aliphatic rings. The summed E-state index contributed by atoms with van der Waals surface area (Å²) in [5.74, 6) is -0.00989. The standard InChI is InChI=1S/C14H22ClN3O/c1-9(2)18(10(3)4)13(19)8-7-12-11(5)16-17(6)14(12)15/h7-10H,1-6H3. The minimum atomic E-state index is -0.00989. The fraction of sp³-hybridized carbons (Fsp3) is 0.571. The van der Waals surface area contributed by atoms with Crippen LogP contribution in [0.25, 0.3) is 6.08 Å². The predicted molar refractivity (Wildman–Crippen MR) is 79.1 cm³/mol. The van der Waals surface area contributed by atoms with Crippen LogP contribution in [-0.2, 0) is 11.8 Å². The quantitative estimate of drug-likeness (QED) is 0.797. The molecule has 0 bridgehead atoms. The summed E-state index contributed by atoms with van der Waals surface area (Å²) in [6.45, 7) is 9.91. The molecule has 1 aromatic rings. The molecule has 0 fully saturated rings. The Morgan fingerprint density at radius 2 is 1.84 bits per heavy atom. The first-order chi connectivity index (χ1) is 8.75. The van der Waals surface area contributed by atoms with E-state index in [0.29, 0.717) is 5.15 Å². The first-order valence-corrected chi connectivity index (χ1v) is 6.83. The minimum absolute atomic E-state index is 0.00989. The van der Waals surface area contributed by atoms with E-state index in [1.807, 2.05) is 39.5 Å². The molecule has 0 N–H and O–H groups in total. The van der Waals surface area contributed by atoms with Crippen LogP contribution in [0, 0.1) is 6.92 Å². The van der Waals surface area contributed by atoms with Gasteiger partial charge < -0.3 is 4.90 Å². The number of rotatable bonds is 4. The van der Waals surface area contributed by atoms with Crippen LogP contribution in [-0.4, -0.2) is 32.7 Å². The van der Waals surface area contributed by atoms with Crippen molar-refractivity contribution < 1.29 is 4.79 Å². The van der Waals surface area contributed by atoms with E-state index in [2.05, 4.69) is 5.10 Å². The second kappa shape index (κ2) is 6.24. The molecule has 1 heterocycles. The summed E-state index contributed by atoms with van der Waals surface area (Å²) in [6.07, 6.45) is 3.31. The minimum Gasteiger partial charge on any atom is -0.334 e. The summed E-state index contributed by atoms with van der Waals surface area (Å²) in [5.41, 5.74) is 1.61. The van der Waals surface area contributed by atoms with Crippen LogP contribution in [0.1, 0.15) is 39.0 Å². The molecule has 0 aliphatic carbocycles. The molecule has 0 aromatic carbocycles. The Morgan fingerprint density at radius 1 is 1.32 bits per heavy atom. The average molecular weight is 284 g/mol. The SMILES string of the molecule is Cc1nn(C)c(Cl)c1C=CC(=O)N(C(C)C)C(C)C. The molecule has 5 heteroatoms. The first kappa shape index (κ1) is 15.8. The smallest absolute Gasteiger partial charge is 0.247 e. The Morgan fingerprint density at radius 3 is 2.21 bits per heavy atom. The molecular formula is C14H22ClN3O. The van der Waals surface area contributed by atoms with Crippen LogP contribution < -0.4 is 0 Å². The zero-order valence-electron chi connectivity index (χ0n) is 12.4. The lowest BCUT2D eigenvalue weighted by Gasteiger charge is -2.29.